The number of nitrogens with zero attached hydrogens (tertiary/aromatic N) is 2. The molecule has 1 aromatic carbocycles. The van der Waals surface area contributed by atoms with Gasteiger partial charge in [-0.25, -0.2) is 0 Å². The van der Waals surface area contributed by atoms with Crippen LogP contribution in [0.2, 0.25) is 0 Å². The van der Waals surface area contributed by atoms with Gasteiger partial charge in [-0.1, -0.05) is 27.7 Å². The highest BCUT2D eigenvalue weighted by Crippen LogP contribution is 2.53. The molecule has 7 N–H and O–H groups in total. The maximum absolute atomic E-state index is 14.0. The number of phenolic OH excluding ortho intramolecular Hbond substituents is 1. The summed E-state index contributed by atoms with van der Waals surface area (Å²) >= 11 is 0. The van der Waals surface area contributed by atoms with E-state index in [0.717, 1.165) is 0 Å². The van der Waals surface area contributed by atoms with Crippen molar-refractivity contribution in [2.24, 2.45) is 23.0 Å². The quantitative estimate of drug-likeness (QED) is 0.236. The number of aromatic hydroxyl groups is 1. The third-order valence-corrected chi connectivity index (χ3v) is 9.35. The van der Waals surface area contributed by atoms with Crippen molar-refractivity contribution < 1.29 is 44.7 Å². The van der Waals surface area contributed by atoms with E-state index in [4.69, 9.17) is 10.5 Å². The van der Waals surface area contributed by atoms with E-state index in [0.29, 0.717) is 30.0 Å². The Bertz CT molecular complexity index is 1420. The first kappa shape index (κ1) is 32.5. The molecule has 0 spiro atoms. The number of hydrogen-bond donors (Lipinski definition) is 6. The van der Waals surface area contributed by atoms with Gasteiger partial charge in [-0.15, -0.1) is 0 Å². The monoisotopic (exact) mass is 601 g/mol. The molecule has 0 bridgehead atoms. The molecule has 12 heteroatoms. The van der Waals surface area contributed by atoms with Crippen molar-refractivity contribution in [1.82, 2.24) is 9.80 Å². The normalized spacial score (nSPS) is 26.4. The van der Waals surface area contributed by atoms with Crippen LogP contribution in [0.4, 0.5) is 0 Å². The van der Waals surface area contributed by atoms with E-state index < -0.39 is 58.0 Å². The number of primary amides is 1. The predicted octanol–water partition coefficient (Wildman–Crippen LogP) is 1.36. The van der Waals surface area contributed by atoms with Crippen LogP contribution in [0.5, 0.6) is 11.5 Å². The summed E-state index contributed by atoms with van der Waals surface area (Å²) < 4.78 is 5.82. The molecule has 3 aliphatic rings. The number of benzene rings is 1. The largest absolute Gasteiger partial charge is 0.510 e. The number of methoxy groups -OCH3 is 1. The molecule has 0 fully saturated rings. The van der Waals surface area contributed by atoms with Gasteiger partial charge in [0.25, 0.3) is 5.91 Å². The van der Waals surface area contributed by atoms with Gasteiger partial charge >= 0.3 is 0 Å². The molecule has 3 aliphatic carbocycles. The van der Waals surface area contributed by atoms with Crippen LogP contribution < -0.4 is 10.5 Å². The lowest BCUT2D eigenvalue weighted by Crippen LogP contribution is -2.63. The Labute approximate surface area is 251 Å². The van der Waals surface area contributed by atoms with Gasteiger partial charge in [0, 0.05) is 35.2 Å². The molecular weight excluding hydrogens is 558 g/mol. The number of Topliss-reactive ketones (excluding diaryl/α,β-unsaturated/α-hetero) is 2. The van der Waals surface area contributed by atoms with Crippen molar-refractivity contribution in [1.29, 1.82) is 0 Å². The first-order valence-electron chi connectivity index (χ1n) is 14.4. The van der Waals surface area contributed by atoms with Crippen LogP contribution >= 0.6 is 0 Å². The molecule has 0 saturated heterocycles. The number of aliphatic hydroxyl groups is 4. The van der Waals surface area contributed by atoms with Gasteiger partial charge in [-0.05, 0) is 50.9 Å². The second-order valence-electron chi connectivity index (χ2n) is 13.0. The number of rotatable bonds is 8. The molecule has 4 rings (SSSR count). The van der Waals surface area contributed by atoms with Gasteiger partial charge in [-0.3, -0.25) is 24.2 Å². The predicted molar refractivity (Wildman–Crippen MR) is 157 cm³/mol. The van der Waals surface area contributed by atoms with Crippen molar-refractivity contribution in [2.75, 3.05) is 34.4 Å². The molecule has 1 aromatic rings. The Morgan fingerprint density at radius 3 is 2.33 bits per heavy atom. The standard InChI is InChI=1S/C31H43N3O9/c1-8-34(19(13-35)30(2,3)4)12-15-11-18(36)21-16(26(15)43-7)9-14-10-17-23(33(5)6)25(38)22(29(32)41)28(40)31(17,42)27(39)20(14)24(21)37/h11,14,17,19,23,35-36,38-39,42H,8-10,12-13H2,1-7H3,(H2,32,41)/t14-,17-,19+,23-,31-/m0/s1. The van der Waals surface area contributed by atoms with Gasteiger partial charge in [-0.2, -0.15) is 0 Å². The smallest absolute Gasteiger partial charge is 0.255 e. The van der Waals surface area contributed by atoms with Crippen LogP contribution in [0.25, 0.3) is 0 Å². The van der Waals surface area contributed by atoms with E-state index in [9.17, 15) is 39.9 Å². The van der Waals surface area contributed by atoms with Crippen molar-refractivity contribution in [3.63, 3.8) is 0 Å². The summed E-state index contributed by atoms with van der Waals surface area (Å²) in [5.74, 6) is -6.66. The number of ether oxygens (including phenoxy) is 1. The SMILES string of the molecule is CCN(Cc1cc(O)c2c(c1OC)C[C@H]1C[C@H]3[C@H](N(C)C)C(O)=C(C(N)=O)C(=O)[C@@]3(O)C(O)=C1C2=O)[C@H](CO)C(C)(C)C. The van der Waals surface area contributed by atoms with Crippen LogP contribution in [-0.2, 0) is 22.6 Å². The van der Waals surface area contributed by atoms with Crippen LogP contribution in [0, 0.1) is 17.3 Å². The lowest BCUT2D eigenvalue weighted by molar-refractivity contribution is -0.148. The van der Waals surface area contributed by atoms with Gasteiger partial charge < -0.3 is 36.0 Å². The lowest BCUT2D eigenvalue weighted by atomic mass is 9.58. The second kappa shape index (κ2) is 11.2. The first-order valence-corrected chi connectivity index (χ1v) is 14.4. The first-order chi connectivity index (χ1) is 20.0. The third kappa shape index (κ3) is 4.90. The minimum Gasteiger partial charge on any atom is -0.510 e. The highest BCUT2D eigenvalue weighted by molar-refractivity contribution is 6.24. The topological polar surface area (TPSA) is 194 Å². The summed E-state index contributed by atoms with van der Waals surface area (Å²) in [6, 6.07) is 0.147. The molecule has 0 saturated carbocycles. The van der Waals surface area contributed by atoms with Gasteiger partial charge in [0.1, 0.15) is 28.6 Å². The molecule has 12 nitrogen and oxygen atoms in total. The van der Waals surface area contributed by atoms with E-state index in [1.807, 2.05) is 27.7 Å². The Morgan fingerprint density at radius 1 is 1.21 bits per heavy atom. The average molecular weight is 602 g/mol. The third-order valence-electron chi connectivity index (χ3n) is 9.35. The zero-order valence-corrected chi connectivity index (χ0v) is 25.8. The fraction of sp³-hybridized carbons (Fsp3) is 0.581. The summed E-state index contributed by atoms with van der Waals surface area (Å²) in [5.41, 5.74) is 2.27. The number of likely N-dealkylation sites (N-methyl/N-ethyl adjacent to an activating group) is 2. The summed E-state index contributed by atoms with van der Waals surface area (Å²) in [7, 11) is 4.62. The Balaban J connectivity index is 1.88. The summed E-state index contributed by atoms with van der Waals surface area (Å²) in [6.07, 6.45) is 0.103. The molecule has 236 valence electrons. The van der Waals surface area contributed by atoms with Gasteiger partial charge in [0.2, 0.25) is 5.78 Å². The number of carbonyl (C=O) groups is 3. The highest BCUT2D eigenvalue weighted by Gasteiger charge is 2.63. The van der Waals surface area contributed by atoms with E-state index in [1.165, 1.54) is 18.1 Å². The number of hydrogen-bond acceptors (Lipinski definition) is 11. The number of nitrogens with two attached hydrogens (primary N) is 1. The van der Waals surface area contributed by atoms with E-state index in [1.54, 1.807) is 14.1 Å². The van der Waals surface area contributed by atoms with Gasteiger partial charge in [0.15, 0.2) is 11.4 Å². The average Bonchev–Trinajstić information content (AvgIpc) is 2.89. The Kier molecular flexibility index (Phi) is 8.48. The fourth-order valence-electron chi connectivity index (χ4n) is 7.33. The zero-order valence-electron chi connectivity index (χ0n) is 25.8. The number of carbonyl (C=O) groups excluding carboxylic acids is 3. The van der Waals surface area contributed by atoms with Crippen molar-refractivity contribution in [3.05, 3.63) is 45.4 Å². The van der Waals surface area contributed by atoms with E-state index >= 15 is 0 Å². The second-order valence-corrected chi connectivity index (χ2v) is 13.0. The van der Waals surface area contributed by atoms with E-state index in [-0.39, 0.29) is 47.8 Å². The summed E-state index contributed by atoms with van der Waals surface area (Å²) in [5, 5.41) is 55.5. The molecule has 0 aliphatic heterocycles. The number of phenols is 1. The number of ketones is 2. The molecule has 1 amide bonds. The molecule has 43 heavy (non-hydrogen) atoms. The van der Waals surface area contributed by atoms with Crippen LogP contribution in [-0.4, -0.2) is 105 Å². The van der Waals surface area contributed by atoms with Crippen LogP contribution in [0.1, 0.15) is 55.6 Å². The van der Waals surface area contributed by atoms with Crippen LogP contribution in [0.3, 0.4) is 0 Å². The zero-order chi connectivity index (χ0) is 32.3. The summed E-state index contributed by atoms with van der Waals surface area (Å²) in [4.78, 5) is 43.2. The molecule has 0 heterocycles. The van der Waals surface area contributed by atoms with Gasteiger partial charge in [0.05, 0.1) is 25.3 Å². The molecule has 0 radical (unpaired) electrons. The Morgan fingerprint density at radius 2 is 1.84 bits per heavy atom. The van der Waals surface area contributed by atoms with Crippen molar-refractivity contribution >= 4 is 17.5 Å². The van der Waals surface area contributed by atoms with Crippen molar-refractivity contribution in [3.8, 4) is 11.5 Å². The lowest BCUT2D eigenvalue weighted by Gasteiger charge is -2.50. The molecular formula is C31H43N3O9. The van der Waals surface area contributed by atoms with Crippen LogP contribution in [0.15, 0.2) is 28.7 Å². The minimum atomic E-state index is -2.70. The highest BCUT2D eigenvalue weighted by atomic mass is 16.5. The molecule has 0 aromatic heterocycles. The maximum Gasteiger partial charge on any atom is 0.255 e. The fourth-order valence-corrected chi connectivity index (χ4v) is 7.33. The number of amides is 1. The minimum absolute atomic E-state index is 0.0163. The number of aliphatic hydroxyl groups excluding tert-OH is 3. The molecule has 0 unspecified atom stereocenters. The maximum atomic E-state index is 14.0. The number of fused-ring (bicyclic) bond motifs is 3. The van der Waals surface area contributed by atoms with E-state index in [2.05, 4.69) is 4.90 Å². The molecule has 5 atom stereocenters. The van der Waals surface area contributed by atoms with Crippen molar-refractivity contribution in [2.45, 2.75) is 64.8 Å². The number of allylic oxidation sites excluding steroid dienone is 1. The Hall–Kier alpha value is -3.45. The summed E-state index contributed by atoms with van der Waals surface area (Å²) in [6.45, 7) is 8.86.